The van der Waals surface area contributed by atoms with Gasteiger partial charge < -0.3 is 33.9 Å². The van der Waals surface area contributed by atoms with E-state index in [0.29, 0.717) is 38.5 Å². The molecule has 4 aliphatic carbocycles. The van der Waals surface area contributed by atoms with Gasteiger partial charge in [-0.3, -0.25) is 9.59 Å². The topological polar surface area (TPSA) is 121 Å². The molecule has 2 heterocycles. The number of ether oxygens (including phenoxy) is 5. The Kier molecular flexibility index (Phi) is 9.37. The van der Waals surface area contributed by atoms with E-state index < -0.39 is 45.8 Å². The van der Waals surface area contributed by atoms with Crippen molar-refractivity contribution in [2.24, 2.45) is 33.5 Å². The fourth-order valence-corrected chi connectivity index (χ4v) is 14.0. The van der Waals surface area contributed by atoms with Gasteiger partial charge in [0.1, 0.15) is 22.4 Å². The van der Waals surface area contributed by atoms with Crippen molar-refractivity contribution in [2.75, 3.05) is 14.2 Å². The van der Waals surface area contributed by atoms with E-state index in [4.69, 9.17) is 23.7 Å². The van der Waals surface area contributed by atoms with Gasteiger partial charge in [0.2, 0.25) is 0 Å². The van der Waals surface area contributed by atoms with Crippen LogP contribution in [0.3, 0.4) is 0 Å². The molecule has 292 valence electrons. The Morgan fingerprint density at radius 1 is 0.569 bits per heavy atom. The smallest absolute Gasteiger partial charge is 0.308 e. The van der Waals surface area contributed by atoms with Gasteiger partial charge in [-0.25, -0.2) is 0 Å². The fraction of sp³-hybridized carbons (Fsp3) is 0.952. The lowest BCUT2D eigenvalue weighted by molar-refractivity contribution is -0.365. The van der Waals surface area contributed by atoms with Crippen molar-refractivity contribution >= 4 is 11.9 Å². The summed E-state index contributed by atoms with van der Waals surface area (Å²) in [5.41, 5.74) is -7.19. The van der Waals surface area contributed by atoms with Gasteiger partial charge in [-0.2, -0.15) is 0 Å². The molecule has 2 unspecified atom stereocenters. The predicted octanol–water partition coefficient (Wildman–Crippen LogP) is 7.46. The summed E-state index contributed by atoms with van der Waals surface area (Å²) < 4.78 is 32.1. The minimum atomic E-state index is -1.43. The summed E-state index contributed by atoms with van der Waals surface area (Å²) in [6.07, 6.45) is 8.76. The van der Waals surface area contributed by atoms with Crippen LogP contribution in [0.25, 0.3) is 0 Å². The van der Waals surface area contributed by atoms with Gasteiger partial charge in [0.15, 0.2) is 0 Å². The number of aliphatic hydroxyl groups is 2. The molecule has 0 radical (unpaired) electrons. The Hall–Kier alpha value is -1.26. The average molecular weight is 719 g/mol. The molecule has 9 nitrogen and oxygen atoms in total. The van der Waals surface area contributed by atoms with Crippen molar-refractivity contribution in [3.63, 3.8) is 0 Å². The second kappa shape index (κ2) is 12.1. The molecule has 51 heavy (non-hydrogen) atoms. The number of methoxy groups -OCH3 is 2. The van der Waals surface area contributed by atoms with E-state index in [0.717, 1.165) is 38.5 Å². The molecule has 2 N–H and O–H groups in total. The van der Waals surface area contributed by atoms with Gasteiger partial charge in [-0.05, 0) is 115 Å². The first-order valence-electron chi connectivity index (χ1n) is 20.0. The Bertz CT molecular complexity index is 1290. The summed E-state index contributed by atoms with van der Waals surface area (Å²) in [6.45, 7) is 21.8. The lowest BCUT2D eigenvalue weighted by atomic mass is 9.42. The maximum absolute atomic E-state index is 13.2. The zero-order valence-corrected chi connectivity index (χ0v) is 34.0. The number of rotatable bonds is 6. The van der Waals surface area contributed by atoms with Crippen molar-refractivity contribution in [3.8, 4) is 0 Å². The van der Waals surface area contributed by atoms with Crippen molar-refractivity contribution in [2.45, 2.75) is 205 Å². The Labute approximate surface area is 307 Å². The molecular formula is C42H70O9. The van der Waals surface area contributed by atoms with E-state index in [9.17, 15) is 19.8 Å². The van der Waals surface area contributed by atoms with E-state index in [1.165, 1.54) is 14.2 Å². The molecule has 6 aliphatic rings. The van der Waals surface area contributed by atoms with E-state index in [-0.39, 0.29) is 58.3 Å². The lowest BCUT2D eigenvalue weighted by Gasteiger charge is -2.70. The van der Waals surface area contributed by atoms with E-state index in [1.54, 1.807) is 0 Å². The van der Waals surface area contributed by atoms with Crippen LogP contribution in [0.1, 0.15) is 159 Å². The summed E-state index contributed by atoms with van der Waals surface area (Å²) >= 11 is 0. The minimum absolute atomic E-state index is 0.0344. The largest absolute Gasteiger partial charge is 0.469 e. The number of fused-ring (bicyclic) bond motifs is 4. The molecule has 4 saturated carbocycles. The quantitative estimate of drug-likeness (QED) is 0.270. The highest BCUT2D eigenvalue weighted by molar-refractivity contribution is 5.71. The Balaban J connectivity index is 1.43. The average Bonchev–Trinajstić information content (AvgIpc) is 3.57. The van der Waals surface area contributed by atoms with Crippen LogP contribution in [0.15, 0.2) is 0 Å². The predicted molar refractivity (Wildman–Crippen MR) is 194 cm³/mol. The standard InChI is InChI=1S/C42H70O9/c1-33(2)15-13-17-37(7)27(33)23-29(39(9,45)41(37)21-19-35(5,50-41)25-31(43)47-11)49-30-24-28-34(3,4)16-14-18-38(28,8)42(40(30,10)46)22-20-36(6,51-42)26-32(44)48-12/h27-30,45-46H,13-26H2,1-12H3/t27?,28?,29-,30-,35+,36+,37-,38-,39+,40+,41-,42-/m0/s1. The van der Waals surface area contributed by atoms with Gasteiger partial charge >= 0.3 is 11.9 Å². The van der Waals surface area contributed by atoms with E-state index >= 15 is 0 Å². The molecule has 0 aromatic heterocycles. The first kappa shape index (κ1) is 39.4. The van der Waals surface area contributed by atoms with Gasteiger partial charge in [0.25, 0.3) is 0 Å². The molecule has 2 aliphatic heterocycles. The van der Waals surface area contributed by atoms with Crippen LogP contribution in [-0.2, 0) is 33.3 Å². The van der Waals surface area contributed by atoms with Crippen molar-refractivity contribution in [1.29, 1.82) is 0 Å². The summed E-state index contributed by atoms with van der Waals surface area (Å²) in [5.74, 6) is -0.286. The van der Waals surface area contributed by atoms with Crippen LogP contribution in [0, 0.1) is 33.5 Å². The monoisotopic (exact) mass is 719 g/mol. The van der Waals surface area contributed by atoms with E-state index in [1.807, 2.05) is 27.7 Å². The lowest BCUT2D eigenvalue weighted by Crippen LogP contribution is -2.78. The second-order valence-electron chi connectivity index (χ2n) is 20.8. The van der Waals surface area contributed by atoms with Crippen molar-refractivity contribution < 1.29 is 43.5 Å². The molecule has 0 amide bonds. The van der Waals surface area contributed by atoms with Crippen LogP contribution in [0.5, 0.6) is 0 Å². The Morgan fingerprint density at radius 3 is 1.25 bits per heavy atom. The molecule has 2 saturated heterocycles. The molecule has 6 fully saturated rings. The second-order valence-corrected chi connectivity index (χ2v) is 20.8. The number of carbonyl (C=O) groups excluding carboxylic acids is 2. The SMILES string of the molecule is COC(=O)C[C@@]1(C)CC[C@]2(O1)[C@@]1(C)CCCC(C)(C)C1C[C@H](O[C@H]1CC3C(C)(C)CCC[C@]3(C)[C@@]3(CC[C@](C)(CC(=O)OC)O3)[C@]1(C)O)[C@@]2(C)O. The highest BCUT2D eigenvalue weighted by Crippen LogP contribution is 2.72. The van der Waals surface area contributed by atoms with Crippen LogP contribution >= 0.6 is 0 Å². The zero-order valence-electron chi connectivity index (χ0n) is 34.0. The number of hydrogen-bond donors (Lipinski definition) is 2. The molecule has 9 heteroatoms. The molecule has 12 atom stereocenters. The maximum Gasteiger partial charge on any atom is 0.308 e. The molecular weight excluding hydrogens is 648 g/mol. The number of carbonyl (C=O) groups is 2. The highest BCUT2D eigenvalue weighted by atomic mass is 16.6. The zero-order chi connectivity index (χ0) is 37.9. The normalized spacial score (nSPS) is 51.6. The van der Waals surface area contributed by atoms with Crippen LogP contribution in [0.2, 0.25) is 0 Å². The van der Waals surface area contributed by atoms with Gasteiger partial charge in [0.05, 0.1) is 50.5 Å². The molecule has 0 aromatic carbocycles. The minimum Gasteiger partial charge on any atom is -0.469 e. The third-order valence-corrected chi connectivity index (χ3v) is 16.8. The van der Waals surface area contributed by atoms with Gasteiger partial charge in [-0.1, -0.05) is 54.4 Å². The summed E-state index contributed by atoms with van der Waals surface area (Å²) in [5, 5.41) is 26.4. The molecule has 2 spiro atoms. The Morgan fingerprint density at radius 2 is 0.922 bits per heavy atom. The molecule has 0 bridgehead atoms. The van der Waals surface area contributed by atoms with E-state index in [2.05, 4.69) is 41.5 Å². The van der Waals surface area contributed by atoms with Gasteiger partial charge in [0, 0.05) is 10.8 Å². The highest BCUT2D eigenvalue weighted by Gasteiger charge is 2.77. The summed E-state index contributed by atoms with van der Waals surface area (Å²) in [6, 6.07) is 0. The molecule has 0 aromatic rings. The first-order chi connectivity index (χ1) is 23.3. The number of esters is 2. The van der Waals surface area contributed by atoms with Crippen molar-refractivity contribution in [3.05, 3.63) is 0 Å². The third-order valence-electron chi connectivity index (χ3n) is 16.8. The fourth-order valence-electron chi connectivity index (χ4n) is 14.0. The maximum atomic E-state index is 13.2. The summed E-state index contributed by atoms with van der Waals surface area (Å²) in [7, 11) is 2.82. The van der Waals surface area contributed by atoms with Crippen LogP contribution in [-0.4, -0.2) is 82.2 Å². The van der Waals surface area contributed by atoms with Crippen LogP contribution in [0.4, 0.5) is 0 Å². The van der Waals surface area contributed by atoms with Gasteiger partial charge in [-0.15, -0.1) is 0 Å². The first-order valence-corrected chi connectivity index (χ1v) is 20.0. The third kappa shape index (κ3) is 5.53. The number of hydrogen-bond acceptors (Lipinski definition) is 9. The van der Waals surface area contributed by atoms with Crippen LogP contribution < -0.4 is 0 Å². The van der Waals surface area contributed by atoms with Crippen molar-refractivity contribution in [1.82, 2.24) is 0 Å². The molecule has 6 rings (SSSR count). The summed E-state index contributed by atoms with van der Waals surface area (Å²) in [4.78, 5) is 25.3.